The van der Waals surface area contributed by atoms with Crippen LogP contribution in [0.4, 0.5) is 5.69 Å². The number of hydrogen-bond acceptors (Lipinski definition) is 4. The first-order valence-corrected chi connectivity index (χ1v) is 11.8. The van der Waals surface area contributed by atoms with Gasteiger partial charge in [-0.05, 0) is 54.4 Å². The van der Waals surface area contributed by atoms with Gasteiger partial charge in [0.25, 0.3) is 0 Å². The van der Waals surface area contributed by atoms with Gasteiger partial charge < -0.3 is 10.1 Å². The molecule has 1 heterocycles. The quantitative estimate of drug-likeness (QED) is 0.657. The molecule has 1 amide bonds. The van der Waals surface area contributed by atoms with Gasteiger partial charge in [-0.1, -0.05) is 42.5 Å². The molecular formula is C24H26N2O4S. The topological polar surface area (TPSA) is 75.7 Å². The zero-order valence-electron chi connectivity index (χ0n) is 17.6. The molecule has 3 aromatic rings. The lowest BCUT2D eigenvalue weighted by Crippen LogP contribution is -2.48. The number of sulfonamides is 1. The van der Waals surface area contributed by atoms with Gasteiger partial charge in [-0.3, -0.25) is 4.79 Å². The van der Waals surface area contributed by atoms with Crippen LogP contribution in [0.25, 0.3) is 10.8 Å². The van der Waals surface area contributed by atoms with Crippen LogP contribution in [-0.4, -0.2) is 43.9 Å². The average molecular weight is 439 g/mol. The van der Waals surface area contributed by atoms with Crippen LogP contribution in [-0.2, 0) is 26.0 Å². The van der Waals surface area contributed by atoms with Crippen molar-refractivity contribution in [2.24, 2.45) is 0 Å². The van der Waals surface area contributed by atoms with Gasteiger partial charge in [-0.25, -0.2) is 8.42 Å². The lowest BCUT2D eigenvalue weighted by Gasteiger charge is -2.34. The molecular weight excluding hydrogens is 412 g/mol. The molecule has 1 aliphatic rings. The average Bonchev–Trinajstić information content (AvgIpc) is 2.73. The molecule has 0 bridgehead atoms. The highest BCUT2D eigenvalue weighted by Gasteiger charge is 2.32. The van der Waals surface area contributed by atoms with Crippen molar-refractivity contribution in [2.45, 2.75) is 37.4 Å². The summed E-state index contributed by atoms with van der Waals surface area (Å²) >= 11 is 0. The normalized spacial score (nSPS) is 19.9. The van der Waals surface area contributed by atoms with Crippen molar-refractivity contribution >= 4 is 32.4 Å². The minimum Gasteiger partial charge on any atom is -0.373 e. The van der Waals surface area contributed by atoms with Gasteiger partial charge in [-0.15, -0.1) is 0 Å². The summed E-state index contributed by atoms with van der Waals surface area (Å²) in [4.78, 5) is 12.7. The highest BCUT2D eigenvalue weighted by molar-refractivity contribution is 7.89. The number of amides is 1. The standard InChI is InChI=1S/C24H26N2O4S/c1-17-15-26(16-18(2)30-17)31(28,29)23-11-9-22(10-12-23)25-24(27)14-19-7-8-20-5-3-4-6-21(20)13-19/h3-13,17-18H,14-16H2,1-2H3,(H,25,27). The van der Waals surface area contributed by atoms with Crippen molar-refractivity contribution in [1.82, 2.24) is 4.31 Å². The molecule has 3 aromatic carbocycles. The molecule has 2 unspecified atom stereocenters. The number of fused-ring (bicyclic) bond motifs is 1. The van der Waals surface area contributed by atoms with E-state index < -0.39 is 10.0 Å². The molecule has 1 aliphatic heterocycles. The zero-order chi connectivity index (χ0) is 22.0. The molecule has 1 saturated heterocycles. The molecule has 6 nitrogen and oxygen atoms in total. The van der Waals surface area contributed by atoms with E-state index in [1.807, 2.05) is 56.3 Å². The van der Waals surface area contributed by atoms with Gasteiger partial charge in [0.15, 0.2) is 0 Å². The molecule has 7 heteroatoms. The van der Waals surface area contributed by atoms with Crippen LogP contribution < -0.4 is 5.32 Å². The van der Waals surface area contributed by atoms with Crippen LogP contribution in [0, 0.1) is 0 Å². The molecule has 4 rings (SSSR count). The Morgan fingerprint density at radius 3 is 2.29 bits per heavy atom. The van der Waals surface area contributed by atoms with Gasteiger partial charge >= 0.3 is 0 Å². The number of benzene rings is 3. The van der Waals surface area contributed by atoms with Crippen LogP contribution >= 0.6 is 0 Å². The SMILES string of the molecule is CC1CN(S(=O)(=O)c2ccc(NC(=O)Cc3ccc4ccccc4c3)cc2)CC(C)O1. The summed E-state index contributed by atoms with van der Waals surface area (Å²) in [5.41, 5.74) is 1.49. The summed E-state index contributed by atoms with van der Waals surface area (Å²) in [6, 6.07) is 20.3. The first-order valence-electron chi connectivity index (χ1n) is 10.3. The van der Waals surface area contributed by atoms with E-state index in [1.165, 1.54) is 16.4 Å². The van der Waals surface area contributed by atoms with E-state index >= 15 is 0 Å². The number of ether oxygens (including phenoxy) is 1. The Bertz CT molecular complexity index is 1180. The van der Waals surface area contributed by atoms with E-state index in [1.54, 1.807) is 12.1 Å². The number of morpholine rings is 1. The lowest BCUT2D eigenvalue weighted by atomic mass is 10.0. The van der Waals surface area contributed by atoms with Crippen LogP contribution in [0.3, 0.4) is 0 Å². The summed E-state index contributed by atoms with van der Waals surface area (Å²) in [5.74, 6) is -0.151. The zero-order valence-corrected chi connectivity index (χ0v) is 18.4. The minimum atomic E-state index is -3.60. The van der Waals surface area contributed by atoms with Crippen LogP contribution in [0.2, 0.25) is 0 Å². The molecule has 0 aromatic heterocycles. The predicted octanol–water partition coefficient (Wildman–Crippen LogP) is 3.82. The maximum atomic E-state index is 12.9. The van der Waals surface area contributed by atoms with Crippen molar-refractivity contribution in [2.75, 3.05) is 18.4 Å². The van der Waals surface area contributed by atoms with Gasteiger partial charge in [0.1, 0.15) is 0 Å². The monoisotopic (exact) mass is 438 g/mol. The highest BCUT2D eigenvalue weighted by Crippen LogP contribution is 2.23. The number of rotatable bonds is 5. The summed E-state index contributed by atoms with van der Waals surface area (Å²) in [6.07, 6.45) is -0.0478. The van der Waals surface area contributed by atoms with Gasteiger partial charge in [0, 0.05) is 18.8 Å². The van der Waals surface area contributed by atoms with Crippen LogP contribution in [0.1, 0.15) is 19.4 Å². The molecule has 0 aliphatic carbocycles. The van der Waals surface area contributed by atoms with Crippen molar-refractivity contribution in [3.63, 3.8) is 0 Å². The summed E-state index contributed by atoms with van der Waals surface area (Å²) in [5, 5.41) is 5.07. The number of hydrogen-bond donors (Lipinski definition) is 1. The molecule has 0 spiro atoms. The van der Waals surface area contributed by atoms with Crippen LogP contribution in [0.5, 0.6) is 0 Å². The largest absolute Gasteiger partial charge is 0.373 e. The van der Waals surface area contributed by atoms with E-state index in [2.05, 4.69) is 5.32 Å². The maximum absolute atomic E-state index is 12.9. The van der Waals surface area contributed by atoms with Gasteiger partial charge in [0.2, 0.25) is 15.9 Å². The Balaban J connectivity index is 1.42. The number of nitrogens with one attached hydrogen (secondary N) is 1. The minimum absolute atomic E-state index is 0.146. The van der Waals surface area contributed by atoms with E-state index in [9.17, 15) is 13.2 Å². The Hall–Kier alpha value is -2.74. The lowest BCUT2D eigenvalue weighted by molar-refractivity contribution is -0.115. The number of anilines is 1. The van der Waals surface area contributed by atoms with Gasteiger partial charge in [-0.2, -0.15) is 4.31 Å². The van der Waals surface area contributed by atoms with Crippen LogP contribution in [0.15, 0.2) is 71.6 Å². The fourth-order valence-electron chi connectivity index (χ4n) is 3.93. The molecule has 1 fully saturated rings. The van der Waals surface area contributed by atoms with Crippen molar-refractivity contribution in [3.8, 4) is 0 Å². The Morgan fingerprint density at radius 1 is 0.968 bits per heavy atom. The smallest absolute Gasteiger partial charge is 0.243 e. The first kappa shape index (κ1) is 21.5. The second-order valence-electron chi connectivity index (χ2n) is 8.01. The summed E-state index contributed by atoms with van der Waals surface area (Å²) < 4.78 is 33.0. The second kappa shape index (κ2) is 8.78. The highest BCUT2D eigenvalue weighted by atomic mass is 32.2. The molecule has 31 heavy (non-hydrogen) atoms. The third-order valence-corrected chi connectivity index (χ3v) is 7.19. The van der Waals surface area contributed by atoms with Crippen molar-refractivity contribution in [1.29, 1.82) is 0 Å². The molecule has 0 saturated carbocycles. The number of carbonyl (C=O) groups excluding carboxylic acids is 1. The van der Waals surface area contributed by atoms with E-state index in [0.717, 1.165) is 16.3 Å². The van der Waals surface area contributed by atoms with E-state index in [0.29, 0.717) is 18.8 Å². The summed E-state index contributed by atoms with van der Waals surface area (Å²) in [7, 11) is -3.60. The first-order chi connectivity index (χ1) is 14.8. The Kier molecular flexibility index (Phi) is 6.09. The molecule has 1 N–H and O–H groups in total. The second-order valence-corrected chi connectivity index (χ2v) is 9.95. The molecule has 0 radical (unpaired) electrons. The molecule has 162 valence electrons. The fourth-order valence-corrected chi connectivity index (χ4v) is 5.52. The molecule has 2 atom stereocenters. The number of nitrogens with zero attached hydrogens (tertiary/aromatic N) is 1. The summed E-state index contributed by atoms with van der Waals surface area (Å²) in [6.45, 7) is 4.40. The van der Waals surface area contributed by atoms with E-state index in [4.69, 9.17) is 4.74 Å². The van der Waals surface area contributed by atoms with Crippen molar-refractivity contribution < 1.29 is 17.9 Å². The van der Waals surface area contributed by atoms with Crippen molar-refractivity contribution in [3.05, 3.63) is 72.3 Å². The number of carbonyl (C=O) groups is 1. The van der Waals surface area contributed by atoms with E-state index in [-0.39, 0.29) is 29.4 Å². The third-order valence-electron chi connectivity index (χ3n) is 5.34. The van der Waals surface area contributed by atoms with Gasteiger partial charge in [0.05, 0.1) is 23.5 Å². The Morgan fingerprint density at radius 2 is 1.61 bits per heavy atom. The fraction of sp³-hybridized carbons (Fsp3) is 0.292. The Labute approximate surface area is 182 Å². The third kappa shape index (κ3) is 4.95. The predicted molar refractivity (Wildman–Crippen MR) is 121 cm³/mol. The maximum Gasteiger partial charge on any atom is 0.243 e.